The van der Waals surface area contributed by atoms with Crippen LogP contribution in [-0.4, -0.2) is 29.0 Å². The van der Waals surface area contributed by atoms with Crippen LogP contribution in [0, 0.1) is 0 Å². The van der Waals surface area contributed by atoms with Crippen LogP contribution in [0.5, 0.6) is 5.75 Å². The van der Waals surface area contributed by atoms with Crippen molar-refractivity contribution in [2.45, 2.75) is 18.3 Å². The van der Waals surface area contributed by atoms with Crippen molar-refractivity contribution in [3.63, 3.8) is 0 Å². The number of esters is 1. The fourth-order valence-electron chi connectivity index (χ4n) is 2.41. The smallest absolute Gasteiger partial charge is 0.306 e. The standard InChI is InChI=1S/C10H12O4Si/c11-8-3-10(4-12-8)2-6-1-7(13-5-15)9(10)14-6/h1H,2-5H2,15H3. The molecule has 2 aliphatic rings. The monoisotopic (exact) mass is 224 g/mol. The zero-order chi connectivity index (χ0) is 10.5. The molecule has 1 atom stereocenters. The lowest BCUT2D eigenvalue weighted by Crippen LogP contribution is -2.27. The molecule has 0 aromatic carbocycles. The lowest BCUT2D eigenvalue weighted by molar-refractivity contribution is -0.137. The largest absolute Gasteiger partial charge is 0.495 e. The van der Waals surface area contributed by atoms with Gasteiger partial charge in [0.05, 0.1) is 28.3 Å². The highest BCUT2D eigenvalue weighted by atomic mass is 28.1. The summed E-state index contributed by atoms with van der Waals surface area (Å²) in [5, 5.41) is 0. The van der Waals surface area contributed by atoms with Gasteiger partial charge in [-0.1, -0.05) is 0 Å². The molecule has 15 heavy (non-hydrogen) atoms. The summed E-state index contributed by atoms with van der Waals surface area (Å²) in [6, 6.07) is 1.93. The molecule has 1 fully saturated rings. The summed E-state index contributed by atoms with van der Waals surface area (Å²) in [7, 11) is 0.992. The average molecular weight is 224 g/mol. The number of carbonyl (C=O) groups is 1. The van der Waals surface area contributed by atoms with Gasteiger partial charge in [-0.25, -0.2) is 0 Å². The Morgan fingerprint density at radius 3 is 3.00 bits per heavy atom. The number of ether oxygens (including phenoxy) is 2. The summed E-state index contributed by atoms with van der Waals surface area (Å²) >= 11 is 0. The van der Waals surface area contributed by atoms with Crippen LogP contribution in [0.2, 0.25) is 0 Å². The van der Waals surface area contributed by atoms with E-state index in [9.17, 15) is 4.79 Å². The van der Waals surface area contributed by atoms with E-state index < -0.39 is 0 Å². The van der Waals surface area contributed by atoms with Crippen molar-refractivity contribution in [2.75, 3.05) is 12.8 Å². The first-order valence-corrected chi connectivity index (χ1v) is 6.56. The Hall–Kier alpha value is -1.23. The number of furan rings is 1. The maximum absolute atomic E-state index is 11.2. The van der Waals surface area contributed by atoms with Gasteiger partial charge >= 0.3 is 5.97 Å². The zero-order valence-corrected chi connectivity index (χ0v) is 10.5. The SMILES string of the molecule is O=C1CC2(CO1)Cc1cc(OC[SiH3])c2o1. The molecule has 0 aliphatic carbocycles. The Morgan fingerprint density at radius 1 is 1.53 bits per heavy atom. The molecule has 1 aromatic heterocycles. The van der Waals surface area contributed by atoms with Gasteiger partial charge in [-0.3, -0.25) is 4.79 Å². The van der Waals surface area contributed by atoms with Crippen LogP contribution in [0.25, 0.3) is 0 Å². The summed E-state index contributed by atoms with van der Waals surface area (Å²) in [6.45, 7) is 0.437. The number of rotatable bonds is 2. The van der Waals surface area contributed by atoms with E-state index in [0.717, 1.165) is 40.2 Å². The summed E-state index contributed by atoms with van der Waals surface area (Å²) in [4.78, 5) is 11.2. The van der Waals surface area contributed by atoms with E-state index in [4.69, 9.17) is 13.9 Å². The molecule has 0 radical (unpaired) electrons. The first-order chi connectivity index (χ1) is 7.23. The van der Waals surface area contributed by atoms with Crippen LogP contribution in [0.4, 0.5) is 0 Å². The van der Waals surface area contributed by atoms with E-state index in [1.807, 2.05) is 6.07 Å². The maximum atomic E-state index is 11.2. The molecule has 2 aliphatic heterocycles. The molecular formula is C10H12O4Si. The second kappa shape index (κ2) is 2.88. The van der Waals surface area contributed by atoms with Crippen LogP contribution in [0.15, 0.2) is 10.5 Å². The minimum absolute atomic E-state index is 0.135. The average Bonchev–Trinajstić information content (AvgIpc) is 2.82. The van der Waals surface area contributed by atoms with Crippen LogP contribution < -0.4 is 4.74 Å². The van der Waals surface area contributed by atoms with Crippen molar-refractivity contribution in [3.8, 4) is 5.75 Å². The molecule has 3 heterocycles. The predicted octanol–water partition coefficient (Wildman–Crippen LogP) is -0.278. The fraction of sp³-hybridized carbons (Fsp3) is 0.500. The third kappa shape index (κ3) is 1.16. The second-order valence-electron chi connectivity index (χ2n) is 4.13. The minimum Gasteiger partial charge on any atom is -0.495 e. The molecule has 1 spiro atoms. The van der Waals surface area contributed by atoms with E-state index in [-0.39, 0.29) is 11.4 Å². The zero-order valence-electron chi connectivity index (χ0n) is 8.54. The third-order valence-electron chi connectivity index (χ3n) is 3.04. The lowest BCUT2D eigenvalue weighted by atomic mass is 9.79. The molecule has 1 aromatic rings. The van der Waals surface area contributed by atoms with E-state index in [1.54, 1.807) is 0 Å². The van der Waals surface area contributed by atoms with Crippen molar-refractivity contribution >= 4 is 16.2 Å². The maximum Gasteiger partial charge on any atom is 0.306 e. The van der Waals surface area contributed by atoms with Crippen LogP contribution in [0.1, 0.15) is 17.9 Å². The molecular weight excluding hydrogens is 212 g/mol. The molecule has 80 valence electrons. The van der Waals surface area contributed by atoms with Crippen LogP contribution >= 0.6 is 0 Å². The molecule has 0 amide bonds. The van der Waals surface area contributed by atoms with Crippen LogP contribution in [-0.2, 0) is 21.4 Å². The van der Waals surface area contributed by atoms with Gasteiger partial charge in [-0.05, 0) is 0 Å². The molecule has 1 saturated heterocycles. The Labute approximate surface area is 90.0 Å². The highest BCUT2D eigenvalue weighted by molar-refractivity contribution is 6.08. The molecule has 4 nitrogen and oxygen atoms in total. The first-order valence-electron chi connectivity index (χ1n) is 5.15. The van der Waals surface area contributed by atoms with Crippen molar-refractivity contribution in [1.82, 2.24) is 0 Å². The van der Waals surface area contributed by atoms with Crippen molar-refractivity contribution < 1.29 is 18.7 Å². The van der Waals surface area contributed by atoms with Gasteiger partial charge in [-0.15, -0.1) is 0 Å². The van der Waals surface area contributed by atoms with E-state index in [0.29, 0.717) is 13.0 Å². The van der Waals surface area contributed by atoms with Crippen molar-refractivity contribution in [1.29, 1.82) is 0 Å². The first kappa shape index (κ1) is 9.03. The van der Waals surface area contributed by atoms with Crippen molar-refractivity contribution in [3.05, 3.63) is 17.6 Å². The van der Waals surface area contributed by atoms with Gasteiger partial charge in [0.15, 0.2) is 11.5 Å². The topological polar surface area (TPSA) is 48.7 Å². The summed E-state index contributed by atoms with van der Waals surface area (Å²) in [6.07, 6.45) is 1.95. The normalized spacial score (nSPS) is 27.6. The quantitative estimate of drug-likeness (QED) is 0.512. The Morgan fingerprint density at radius 2 is 2.40 bits per heavy atom. The number of carbonyl (C=O) groups excluding carboxylic acids is 1. The van der Waals surface area contributed by atoms with E-state index >= 15 is 0 Å². The van der Waals surface area contributed by atoms with Gasteiger partial charge in [-0.2, -0.15) is 0 Å². The van der Waals surface area contributed by atoms with Gasteiger partial charge in [0, 0.05) is 12.5 Å². The molecule has 3 rings (SSSR count). The van der Waals surface area contributed by atoms with Gasteiger partial charge in [0.2, 0.25) is 0 Å². The lowest BCUT2D eigenvalue weighted by Gasteiger charge is -2.20. The predicted molar refractivity (Wildman–Crippen MR) is 55.1 cm³/mol. The Bertz CT molecular complexity index is 425. The third-order valence-corrected chi connectivity index (χ3v) is 3.32. The number of cyclic esters (lactones) is 1. The molecule has 0 N–H and O–H groups in total. The molecule has 0 saturated carbocycles. The van der Waals surface area contributed by atoms with Gasteiger partial charge in [0.25, 0.3) is 0 Å². The Kier molecular flexibility index (Phi) is 1.73. The second-order valence-corrected chi connectivity index (χ2v) is 4.71. The summed E-state index contributed by atoms with van der Waals surface area (Å²) in [5.74, 6) is 2.40. The van der Waals surface area contributed by atoms with E-state index in [2.05, 4.69) is 0 Å². The summed E-state index contributed by atoms with van der Waals surface area (Å²) < 4.78 is 16.2. The molecule has 1 unspecified atom stereocenters. The van der Waals surface area contributed by atoms with Crippen molar-refractivity contribution in [2.24, 2.45) is 0 Å². The summed E-state index contributed by atoms with van der Waals surface area (Å²) in [5.41, 5.74) is -0.243. The molecule has 5 heteroatoms. The Balaban J connectivity index is 1.98. The van der Waals surface area contributed by atoms with Gasteiger partial charge in [0.1, 0.15) is 12.4 Å². The number of fused-ring (bicyclic) bond motifs is 3. The highest BCUT2D eigenvalue weighted by Gasteiger charge is 2.51. The molecule has 2 bridgehead atoms. The van der Waals surface area contributed by atoms with Crippen LogP contribution in [0.3, 0.4) is 0 Å². The number of hydrogen-bond donors (Lipinski definition) is 0. The number of hydrogen-bond acceptors (Lipinski definition) is 4. The minimum atomic E-state index is -0.243. The fourth-order valence-corrected chi connectivity index (χ4v) is 2.72. The van der Waals surface area contributed by atoms with Gasteiger partial charge < -0.3 is 13.9 Å². The van der Waals surface area contributed by atoms with E-state index in [1.165, 1.54) is 0 Å². The highest BCUT2D eigenvalue weighted by Crippen LogP contribution is 2.48.